The van der Waals surface area contributed by atoms with Crippen molar-refractivity contribution in [3.63, 3.8) is 0 Å². The van der Waals surface area contributed by atoms with Crippen LogP contribution < -0.4 is 9.47 Å². The number of unbranched alkanes of at least 4 members (excludes halogenated alkanes) is 1. The third-order valence-corrected chi connectivity index (χ3v) is 4.88. The summed E-state index contributed by atoms with van der Waals surface area (Å²) in [6.07, 6.45) is 4.45. The van der Waals surface area contributed by atoms with E-state index < -0.39 is 0 Å². The summed E-state index contributed by atoms with van der Waals surface area (Å²) in [5, 5.41) is 9.71. The van der Waals surface area contributed by atoms with Gasteiger partial charge in [0.25, 0.3) is 5.91 Å². The van der Waals surface area contributed by atoms with Crippen LogP contribution in [0.5, 0.6) is 17.2 Å². The zero-order valence-electron chi connectivity index (χ0n) is 18.5. The molecule has 0 saturated heterocycles. The molecule has 0 atom stereocenters. The number of amides is 1. The van der Waals surface area contributed by atoms with E-state index in [-0.39, 0.29) is 5.91 Å². The third kappa shape index (κ3) is 7.29. The lowest BCUT2D eigenvalue weighted by Gasteiger charge is -2.21. The highest BCUT2D eigenvalue weighted by atomic mass is 16.5. The Balaban J connectivity index is 1.71. The molecule has 0 spiro atoms. The van der Waals surface area contributed by atoms with Gasteiger partial charge in [-0.15, -0.1) is 0 Å². The van der Waals surface area contributed by atoms with Gasteiger partial charge in [0.2, 0.25) is 0 Å². The maximum absolute atomic E-state index is 12.6. The van der Waals surface area contributed by atoms with Crippen molar-refractivity contribution in [2.24, 2.45) is 0 Å². The van der Waals surface area contributed by atoms with Crippen molar-refractivity contribution >= 4 is 5.91 Å². The molecule has 1 amide bonds. The van der Waals surface area contributed by atoms with Crippen molar-refractivity contribution in [1.82, 2.24) is 4.90 Å². The van der Waals surface area contributed by atoms with E-state index in [1.165, 1.54) is 0 Å². The van der Waals surface area contributed by atoms with Crippen LogP contribution in [0.2, 0.25) is 0 Å². The Morgan fingerprint density at radius 1 is 0.867 bits per heavy atom. The first-order valence-electron chi connectivity index (χ1n) is 11.1. The standard InChI is InChI=1S/C25H35NO4/c1-4-15-26(16-5-2)25(28)21-9-11-22(12-10-21)29-17-7-8-18-30-23-13-14-24(27)20(6-3)19-23/h9-14,19,27H,4-8,15-18H2,1-3H3. The molecule has 0 saturated carbocycles. The normalized spacial score (nSPS) is 10.6. The average molecular weight is 414 g/mol. The molecule has 1 N–H and O–H groups in total. The van der Waals surface area contributed by atoms with Crippen molar-refractivity contribution in [3.05, 3.63) is 53.6 Å². The SMILES string of the molecule is CCCN(CCC)C(=O)c1ccc(OCCCCOc2ccc(O)c(CC)c2)cc1. The molecule has 0 aliphatic rings. The fourth-order valence-electron chi connectivity index (χ4n) is 3.25. The summed E-state index contributed by atoms with van der Waals surface area (Å²) in [6.45, 7) is 8.97. The Labute approximate surface area is 180 Å². The van der Waals surface area contributed by atoms with Crippen molar-refractivity contribution in [3.8, 4) is 17.2 Å². The van der Waals surface area contributed by atoms with E-state index in [2.05, 4.69) is 13.8 Å². The van der Waals surface area contributed by atoms with Gasteiger partial charge in [0, 0.05) is 18.7 Å². The number of carbonyl (C=O) groups is 1. The van der Waals surface area contributed by atoms with E-state index in [1.807, 2.05) is 42.2 Å². The monoisotopic (exact) mass is 413 g/mol. The molecule has 0 heterocycles. The fraction of sp³-hybridized carbons (Fsp3) is 0.480. The van der Waals surface area contributed by atoms with E-state index in [0.29, 0.717) is 24.5 Å². The van der Waals surface area contributed by atoms with Crippen LogP contribution in [0.3, 0.4) is 0 Å². The summed E-state index contributed by atoms with van der Waals surface area (Å²) in [7, 11) is 0. The minimum absolute atomic E-state index is 0.0860. The van der Waals surface area contributed by atoms with Gasteiger partial charge in [-0.2, -0.15) is 0 Å². The molecule has 30 heavy (non-hydrogen) atoms. The molecule has 0 aliphatic carbocycles. The van der Waals surface area contributed by atoms with Gasteiger partial charge in [-0.1, -0.05) is 20.8 Å². The largest absolute Gasteiger partial charge is 0.508 e. The summed E-state index contributed by atoms with van der Waals surface area (Å²) in [5.41, 5.74) is 1.60. The highest BCUT2D eigenvalue weighted by Gasteiger charge is 2.14. The minimum Gasteiger partial charge on any atom is -0.508 e. The van der Waals surface area contributed by atoms with Crippen molar-refractivity contribution < 1.29 is 19.4 Å². The number of ether oxygens (including phenoxy) is 2. The van der Waals surface area contributed by atoms with Crippen LogP contribution in [0.1, 0.15) is 62.4 Å². The summed E-state index contributed by atoms with van der Waals surface area (Å²) < 4.78 is 11.5. The highest BCUT2D eigenvalue weighted by molar-refractivity contribution is 5.94. The van der Waals surface area contributed by atoms with Gasteiger partial charge >= 0.3 is 0 Å². The number of hydrogen-bond acceptors (Lipinski definition) is 4. The fourth-order valence-corrected chi connectivity index (χ4v) is 3.25. The van der Waals surface area contributed by atoms with E-state index >= 15 is 0 Å². The topological polar surface area (TPSA) is 59.0 Å². The number of rotatable bonds is 13. The lowest BCUT2D eigenvalue weighted by Crippen LogP contribution is -2.32. The molecular formula is C25H35NO4. The molecule has 0 unspecified atom stereocenters. The maximum atomic E-state index is 12.6. The molecule has 2 aromatic rings. The summed E-state index contributed by atoms with van der Waals surface area (Å²) in [5.74, 6) is 1.96. The van der Waals surface area contributed by atoms with Gasteiger partial charge < -0.3 is 19.5 Å². The van der Waals surface area contributed by atoms with E-state index in [1.54, 1.807) is 12.1 Å². The van der Waals surface area contributed by atoms with Crippen LogP contribution in [0.15, 0.2) is 42.5 Å². The van der Waals surface area contributed by atoms with Crippen LogP contribution in [-0.4, -0.2) is 42.2 Å². The first kappa shape index (κ1) is 23.6. The molecule has 5 nitrogen and oxygen atoms in total. The zero-order chi connectivity index (χ0) is 21.8. The Bertz CT molecular complexity index is 767. The Kier molecular flexibility index (Phi) is 10.1. The number of hydrogen-bond donors (Lipinski definition) is 1. The minimum atomic E-state index is 0.0860. The predicted octanol–water partition coefficient (Wildman–Crippen LogP) is 5.45. The second kappa shape index (κ2) is 12.8. The summed E-state index contributed by atoms with van der Waals surface area (Å²) in [4.78, 5) is 14.5. The Morgan fingerprint density at radius 2 is 1.43 bits per heavy atom. The molecule has 2 aromatic carbocycles. The number of nitrogens with zero attached hydrogens (tertiary/aromatic N) is 1. The smallest absolute Gasteiger partial charge is 0.253 e. The Hall–Kier alpha value is -2.69. The van der Waals surface area contributed by atoms with Gasteiger partial charge in [-0.05, 0) is 80.1 Å². The van der Waals surface area contributed by atoms with Gasteiger partial charge in [0.15, 0.2) is 0 Å². The van der Waals surface area contributed by atoms with Crippen molar-refractivity contribution in [1.29, 1.82) is 0 Å². The maximum Gasteiger partial charge on any atom is 0.253 e. The van der Waals surface area contributed by atoms with E-state index in [9.17, 15) is 9.90 Å². The first-order chi connectivity index (χ1) is 14.6. The molecule has 0 radical (unpaired) electrons. The second-order valence-electron chi connectivity index (χ2n) is 7.36. The number of aromatic hydroxyl groups is 1. The molecule has 0 aliphatic heterocycles. The van der Waals surface area contributed by atoms with Gasteiger partial charge in [0.1, 0.15) is 17.2 Å². The van der Waals surface area contributed by atoms with E-state index in [0.717, 1.165) is 62.3 Å². The van der Waals surface area contributed by atoms with Crippen LogP contribution in [0.25, 0.3) is 0 Å². The molecule has 0 aromatic heterocycles. The number of phenols is 1. The van der Waals surface area contributed by atoms with Crippen LogP contribution >= 0.6 is 0 Å². The predicted molar refractivity (Wildman–Crippen MR) is 121 cm³/mol. The lowest BCUT2D eigenvalue weighted by atomic mass is 10.1. The molecule has 164 valence electrons. The quantitative estimate of drug-likeness (QED) is 0.443. The van der Waals surface area contributed by atoms with Crippen molar-refractivity contribution in [2.45, 2.75) is 52.9 Å². The molecular weight excluding hydrogens is 378 g/mol. The first-order valence-corrected chi connectivity index (χ1v) is 11.1. The van der Waals surface area contributed by atoms with Crippen LogP contribution in [0, 0.1) is 0 Å². The van der Waals surface area contributed by atoms with Gasteiger partial charge in [-0.3, -0.25) is 4.79 Å². The number of aryl methyl sites for hydroxylation is 1. The van der Waals surface area contributed by atoms with Crippen LogP contribution in [-0.2, 0) is 6.42 Å². The highest BCUT2D eigenvalue weighted by Crippen LogP contribution is 2.23. The average Bonchev–Trinajstić information content (AvgIpc) is 2.77. The molecule has 0 fully saturated rings. The molecule has 0 bridgehead atoms. The second-order valence-corrected chi connectivity index (χ2v) is 7.36. The molecule has 2 rings (SSSR count). The third-order valence-electron chi connectivity index (χ3n) is 4.88. The lowest BCUT2D eigenvalue weighted by molar-refractivity contribution is 0.0755. The van der Waals surface area contributed by atoms with Crippen LogP contribution in [0.4, 0.5) is 0 Å². The van der Waals surface area contributed by atoms with Gasteiger partial charge in [-0.25, -0.2) is 0 Å². The van der Waals surface area contributed by atoms with Crippen molar-refractivity contribution in [2.75, 3.05) is 26.3 Å². The summed E-state index contributed by atoms with van der Waals surface area (Å²) in [6, 6.07) is 12.8. The number of benzene rings is 2. The van der Waals surface area contributed by atoms with Gasteiger partial charge in [0.05, 0.1) is 13.2 Å². The summed E-state index contributed by atoms with van der Waals surface area (Å²) >= 11 is 0. The zero-order valence-corrected chi connectivity index (χ0v) is 18.5. The van der Waals surface area contributed by atoms with E-state index in [4.69, 9.17) is 9.47 Å². The molecule has 5 heteroatoms. The Morgan fingerprint density at radius 3 is 2.00 bits per heavy atom. The number of carbonyl (C=O) groups excluding carboxylic acids is 1. The number of phenolic OH excluding ortho intramolecular Hbond substituents is 1.